The maximum atomic E-state index is 7.13. The van der Waals surface area contributed by atoms with E-state index in [1.807, 2.05) is 0 Å². The van der Waals surface area contributed by atoms with Crippen LogP contribution in [-0.2, 0) is 27.1 Å². The van der Waals surface area contributed by atoms with E-state index in [9.17, 15) is 0 Å². The van der Waals surface area contributed by atoms with Gasteiger partial charge in [-0.1, -0.05) is 291 Å². The molecule has 538 valence electrons. The van der Waals surface area contributed by atoms with Gasteiger partial charge in [0, 0.05) is 71.2 Å². The summed E-state index contributed by atoms with van der Waals surface area (Å²) in [5.74, 6) is 0. The molecule has 0 aliphatic heterocycles. The van der Waals surface area contributed by atoms with Gasteiger partial charge in [0.25, 0.3) is 0 Å². The number of fused-ring (bicyclic) bond motifs is 23. The smallest absolute Gasteiger partial charge is 0.143 e. The molecule has 0 unspecified atom stereocenters. The van der Waals surface area contributed by atoms with Crippen molar-refractivity contribution in [3.8, 4) is 89.0 Å². The summed E-state index contributed by atoms with van der Waals surface area (Å²) in [5, 5.41) is 4.73. The van der Waals surface area contributed by atoms with Gasteiger partial charge in [-0.15, -0.1) is 0 Å². The molecule has 0 N–H and O–H groups in total. The molecule has 0 atom stereocenters. The van der Waals surface area contributed by atoms with E-state index >= 15 is 0 Å². The van der Waals surface area contributed by atoms with Crippen molar-refractivity contribution in [2.24, 2.45) is 0 Å². The van der Waals surface area contributed by atoms with Gasteiger partial charge in [0.2, 0.25) is 0 Å². The van der Waals surface area contributed by atoms with Crippen molar-refractivity contribution in [2.45, 2.75) is 180 Å². The van der Waals surface area contributed by atoms with Crippen LogP contribution >= 0.6 is 0 Å². The van der Waals surface area contributed by atoms with Gasteiger partial charge < -0.3 is 13.7 Å². The van der Waals surface area contributed by atoms with Gasteiger partial charge >= 0.3 is 0 Å². The number of para-hydroxylation sites is 3. The van der Waals surface area contributed by atoms with Crippen LogP contribution in [0.4, 0.5) is 17.1 Å². The van der Waals surface area contributed by atoms with Crippen molar-refractivity contribution in [2.75, 3.05) is 4.90 Å². The molecule has 0 bridgehead atoms. The van der Waals surface area contributed by atoms with E-state index in [1.54, 1.807) is 11.1 Å². The molecule has 20 rings (SSSR count). The fourth-order valence-electron chi connectivity index (χ4n) is 21.4. The van der Waals surface area contributed by atoms with Gasteiger partial charge in [-0.3, -0.25) is 0 Å². The molecule has 0 spiro atoms. The second-order valence-electron chi connectivity index (χ2n) is 34.9. The molecule has 0 radical (unpaired) electrons. The Balaban J connectivity index is 0.622. The van der Waals surface area contributed by atoms with Crippen molar-refractivity contribution >= 4 is 60.9 Å². The highest BCUT2D eigenvalue weighted by Crippen LogP contribution is 2.62. The Morgan fingerprint density at radius 2 is 0.725 bits per heavy atom. The Bertz CT molecular complexity index is 6280. The number of nitrogens with zero attached hydrogens (tertiary/aromatic N) is 1. The Kier molecular flexibility index (Phi) is 15.4. The lowest BCUT2D eigenvalue weighted by Crippen LogP contribution is -2.25. The molecular weight excluding hydrogens is 1320 g/mol. The van der Waals surface area contributed by atoms with Crippen molar-refractivity contribution < 1.29 is 8.83 Å². The highest BCUT2D eigenvalue weighted by Gasteiger charge is 2.46. The quantitative estimate of drug-likeness (QED) is 0.0802. The van der Waals surface area contributed by atoms with Crippen molar-refractivity contribution in [1.29, 1.82) is 0 Å². The molecular formula is C106H97NO2. The summed E-state index contributed by atoms with van der Waals surface area (Å²) in [5.41, 5.74) is 42.2. The lowest BCUT2D eigenvalue weighted by atomic mass is 9.70. The number of anilines is 3. The normalized spacial score (nSPS) is 15.6. The Morgan fingerprint density at radius 3 is 1.39 bits per heavy atom. The van der Waals surface area contributed by atoms with E-state index in [0.29, 0.717) is 0 Å². The van der Waals surface area contributed by atoms with Gasteiger partial charge in [-0.05, 0) is 249 Å². The SMILES string of the molecule is CCCCCCCC1(CCCCCCC)c2ccccc2-c2ccc(-c3ccc4c(c3)C(C)(C)c3cc(-c5ccc(-c6cc7c(c8c6oc6ccccc68)-c6ccc(N(c8ccc9c(c8)C(C)(C)c8cc%10c(cc8-9)C(C)(C)c8ccc9oc%11ccccc%11c9c8-%10)c8ccccc8C)cc6C7(C)C)cc5)ccc3-4)cc21. The standard InChI is InChI=1S/C106H97NO2/c1-12-14-16-18-28-54-106(55-29-19-17-15-13-2)83-34-24-21-31-72(83)75-49-44-69(58-91(75)106)68-43-48-74-73-47-42-67(56-85(73)103(6,7)86(74)57-68)65-38-40-66(41-39-65)80-61-92-97(100-79-33-23-27-37-95(79)109-101(80)100)77-51-46-71(60-88(77)105(92,10)11)107(93-35-25-20-30-64(93)3)70-45-50-76-81-62-90-82(63-89(81)104(8,9)87(76)59-70)98-84(102(90,4)5)52-53-96-99(98)78-32-22-26-36-94(78)108-96/h20-27,30-53,56-63H,12-19,28-29,54-55H2,1-11H3. The Labute approximate surface area is 643 Å². The predicted octanol–water partition coefficient (Wildman–Crippen LogP) is 30.5. The lowest BCUT2D eigenvalue weighted by Gasteiger charge is -2.33. The van der Waals surface area contributed by atoms with E-state index in [-0.39, 0.29) is 27.1 Å². The van der Waals surface area contributed by atoms with Crippen LogP contribution in [0.1, 0.15) is 207 Å². The van der Waals surface area contributed by atoms with Gasteiger partial charge in [-0.25, -0.2) is 0 Å². The Morgan fingerprint density at radius 1 is 0.284 bits per heavy atom. The van der Waals surface area contributed by atoms with Crippen LogP contribution in [-0.4, -0.2) is 0 Å². The second kappa shape index (κ2) is 24.9. The van der Waals surface area contributed by atoms with Crippen molar-refractivity contribution in [1.82, 2.24) is 0 Å². The zero-order valence-electron chi connectivity index (χ0n) is 65.3. The number of aryl methyl sites for hydroxylation is 1. The summed E-state index contributed by atoms with van der Waals surface area (Å²) in [4.78, 5) is 2.52. The minimum Gasteiger partial charge on any atom is -0.456 e. The summed E-state index contributed by atoms with van der Waals surface area (Å²) in [6.45, 7) is 26.3. The first kappa shape index (κ1) is 67.6. The van der Waals surface area contributed by atoms with Crippen LogP contribution < -0.4 is 4.90 Å². The predicted molar refractivity (Wildman–Crippen MR) is 460 cm³/mol. The average Bonchev–Trinajstić information content (AvgIpc) is 1.52. The van der Waals surface area contributed by atoms with Crippen LogP contribution in [0, 0.1) is 6.92 Å². The van der Waals surface area contributed by atoms with Crippen molar-refractivity contribution in [3.63, 3.8) is 0 Å². The first-order chi connectivity index (χ1) is 52.9. The lowest BCUT2D eigenvalue weighted by molar-refractivity contribution is 0.399. The van der Waals surface area contributed by atoms with Gasteiger partial charge in [0.05, 0.1) is 0 Å². The van der Waals surface area contributed by atoms with Gasteiger partial charge in [-0.2, -0.15) is 0 Å². The monoisotopic (exact) mass is 1420 g/mol. The minimum atomic E-state index is -0.363. The molecule has 5 aliphatic carbocycles. The zero-order valence-corrected chi connectivity index (χ0v) is 65.3. The van der Waals surface area contributed by atoms with Crippen LogP contribution in [0.15, 0.2) is 251 Å². The maximum Gasteiger partial charge on any atom is 0.143 e. The number of unbranched alkanes of at least 4 members (excludes halogenated alkanes) is 8. The summed E-state index contributed by atoms with van der Waals surface area (Å²) in [6.07, 6.45) is 15.5. The summed E-state index contributed by atoms with van der Waals surface area (Å²) >= 11 is 0. The summed E-state index contributed by atoms with van der Waals surface area (Å²) in [6, 6.07) is 93.6. The summed E-state index contributed by atoms with van der Waals surface area (Å²) < 4.78 is 13.7. The molecule has 13 aromatic carbocycles. The van der Waals surface area contributed by atoms with Gasteiger partial charge in [0.15, 0.2) is 0 Å². The molecule has 0 fully saturated rings. The van der Waals surface area contributed by atoms with Crippen LogP contribution in [0.3, 0.4) is 0 Å². The van der Waals surface area contributed by atoms with E-state index < -0.39 is 0 Å². The van der Waals surface area contributed by atoms with Crippen molar-refractivity contribution in [3.05, 3.63) is 304 Å². The molecule has 109 heavy (non-hydrogen) atoms. The molecule has 15 aromatic rings. The number of hydrogen-bond acceptors (Lipinski definition) is 3. The topological polar surface area (TPSA) is 29.5 Å². The third-order valence-corrected chi connectivity index (χ3v) is 27.3. The van der Waals surface area contributed by atoms with E-state index in [0.717, 1.165) is 50.2 Å². The molecule has 0 amide bonds. The number of furan rings is 2. The van der Waals surface area contributed by atoms with Gasteiger partial charge in [0.1, 0.15) is 22.3 Å². The zero-order chi connectivity index (χ0) is 74.2. The third kappa shape index (κ3) is 9.99. The van der Waals surface area contributed by atoms with E-state index in [2.05, 4.69) is 324 Å². The molecule has 3 heteroatoms. The molecule has 3 nitrogen and oxygen atoms in total. The fourth-order valence-corrected chi connectivity index (χ4v) is 21.4. The molecule has 5 aliphatic rings. The van der Waals surface area contributed by atoms with E-state index in [4.69, 9.17) is 8.83 Å². The highest BCUT2D eigenvalue weighted by atomic mass is 16.3. The number of rotatable bonds is 18. The van der Waals surface area contributed by atoms with Crippen LogP contribution in [0.5, 0.6) is 0 Å². The van der Waals surface area contributed by atoms with Crippen LogP contribution in [0.25, 0.3) is 133 Å². The van der Waals surface area contributed by atoms with Crippen LogP contribution in [0.2, 0.25) is 0 Å². The average molecular weight is 1420 g/mol. The number of hydrogen-bond donors (Lipinski definition) is 0. The first-order valence-electron chi connectivity index (χ1n) is 40.8. The molecule has 0 saturated carbocycles. The molecule has 2 aromatic heterocycles. The maximum absolute atomic E-state index is 7.13. The molecule has 2 heterocycles. The second-order valence-corrected chi connectivity index (χ2v) is 34.9. The third-order valence-electron chi connectivity index (χ3n) is 27.3. The first-order valence-corrected chi connectivity index (χ1v) is 40.8. The summed E-state index contributed by atoms with van der Waals surface area (Å²) in [7, 11) is 0. The van der Waals surface area contributed by atoms with E-state index in [1.165, 1.54) is 227 Å². The Hall–Kier alpha value is -10.7. The highest BCUT2D eigenvalue weighted by molar-refractivity contribution is 6.19. The fraction of sp³-hybridized carbons (Fsp3) is 0.264. The number of benzene rings is 13. The largest absolute Gasteiger partial charge is 0.456 e. The minimum absolute atomic E-state index is 0.0465. The molecule has 0 saturated heterocycles.